The molecule has 6 heteroatoms. The monoisotopic (exact) mass is 346 g/mol. The third-order valence-corrected chi connectivity index (χ3v) is 4.42. The summed E-state index contributed by atoms with van der Waals surface area (Å²) in [4.78, 5) is 27.1. The van der Waals surface area contributed by atoms with Gasteiger partial charge in [-0.3, -0.25) is 9.59 Å². The van der Waals surface area contributed by atoms with E-state index >= 15 is 0 Å². The molecule has 5 nitrogen and oxygen atoms in total. The van der Waals surface area contributed by atoms with Crippen LogP contribution < -0.4 is 4.74 Å². The molecule has 0 saturated carbocycles. The average molecular weight is 347 g/mol. The number of benzene rings is 1. The van der Waals surface area contributed by atoms with Crippen molar-refractivity contribution in [1.82, 2.24) is 9.80 Å². The van der Waals surface area contributed by atoms with Crippen LogP contribution in [0.4, 0.5) is 0 Å². The van der Waals surface area contributed by atoms with Crippen molar-refractivity contribution in [3.8, 4) is 5.75 Å². The first-order valence-corrected chi connectivity index (χ1v) is 8.26. The van der Waals surface area contributed by atoms with E-state index in [1.54, 1.807) is 34.9 Å². The SMILES string of the molecule is CC(=O)N1CCN(C(=O)/C=C/C2=Cc3cc(Cl)ccc3OC2)CC1. The van der Waals surface area contributed by atoms with Crippen LogP contribution in [-0.4, -0.2) is 54.4 Å². The smallest absolute Gasteiger partial charge is 0.246 e. The Kier molecular flexibility index (Phi) is 4.90. The van der Waals surface area contributed by atoms with Crippen LogP contribution in [0.5, 0.6) is 5.75 Å². The van der Waals surface area contributed by atoms with Crippen molar-refractivity contribution in [2.75, 3.05) is 32.8 Å². The molecule has 0 aromatic heterocycles. The third-order valence-electron chi connectivity index (χ3n) is 4.18. The molecule has 0 unspecified atom stereocenters. The first-order chi connectivity index (χ1) is 11.5. The maximum absolute atomic E-state index is 12.3. The number of amides is 2. The summed E-state index contributed by atoms with van der Waals surface area (Å²) in [6.45, 7) is 4.29. The summed E-state index contributed by atoms with van der Waals surface area (Å²) in [5.74, 6) is 0.804. The predicted octanol–water partition coefficient (Wildman–Crippen LogP) is 2.36. The molecule has 1 aromatic carbocycles. The van der Waals surface area contributed by atoms with Gasteiger partial charge in [0.15, 0.2) is 0 Å². The molecule has 1 aromatic rings. The molecule has 2 aliphatic rings. The standard InChI is InChI=1S/C18H19ClN2O3/c1-13(22)20-6-8-21(9-7-20)18(23)5-2-14-10-15-11-16(19)3-4-17(15)24-12-14/h2-5,10-11H,6-9,12H2,1H3/b5-2+. The van der Waals surface area contributed by atoms with Crippen LogP contribution in [0, 0.1) is 0 Å². The zero-order chi connectivity index (χ0) is 17.1. The lowest BCUT2D eigenvalue weighted by Crippen LogP contribution is -2.49. The molecule has 0 spiro atoms. The third kappa shape index (κ3) is 3.79. The molecule has 2 aliphatic heterocycles. The Hall–Kier alpha value is -2.27. The second-order valence-corrected chi connectivity index (χ2v) is 6.29. The second kappa shape index (κ2) is 7.09. The summed E-state index contributed by atoms with van der Waals surface area (Å²) >= 11 is 6.00. The number of ether oxygens (including phenoxy) is 1. The van der Waals surface area contributed by atoms with E-state index in [-0.39, 0.29) is 11.8 Å². The Balaban J connectivity index is 1.62. The van der Waals surface area contributed by atoms with Crippen LogP contribution in [0.2, 0.25) is 5.02 Å². The van der Waals surface area contributed by atoms with Crippen molar-refractivity contribution in [1.29, 1.82) is 0 Å². The molecule has 0 N–H and O–H groups in total. The van der Waals surface area contributed by atoms with E-state index in [0.717, 1.165) is 16.9 Å². The lowest BCUT2D eigenvalue weighted by atomic mass is 10.1. The van der Waals surface area contributed by atoms with Crippen molar-refractivity contribution in [2.45, 2.75) is 6.92 Å². The van der Waals surface area contributed by atoms with Gasteiger partial charge in [0.1, 0.15) is 12.4 Å². The van der Waals surface area contributed by atoms with E-state index in [9.17, 15) is 9.59 Å². The summed E-state index contributed by atoms with van der Waals surface area (Å²) in [6.07, 6.45) is 5.32. The van der Waals surface area contributed by atoms with Crippen molar-refractivity contribution >= 4 is 29.5 Å². The summed E-state index contributed by atoms with van der Waals surface area (Å²) in [5, 5.41) is 0.651. The molecule has 1 saturated heterocycles. The van der Waals surface area contributed by atoms with E-state index in [1.807, 2.05) is 18.2 Å². The van der Waals surface area contributed by atoms with Crippen molar-refractivity contribution in [2.24, 2.45) is 0 Å². The highest BCUT2D eigenvalue weighted by Gasteiger charge is 2.21. The van der Waals surface area contributed by atoms with Gasteiger partial charge in [-0.1, -0.05) is 17.7 Å². The Morgan fingerprint density at radius 1 is 1.17 bits per heavy atom. The Morgan fingerprint density at radius 3 is 2.58 bits per heavy atom. The van der Waals surface area contributed by atoms with E-state index in [0.29, 0.717) is 37.8 Å². The Morgan fingerprint density at radius 2 is 1.88 bits per heavy atom. The summed E-state index contributed by atoms with van der Waals surface area (Å²) in [5.41, 5.74) is 1.83. The van der Waals surface area contributed by atoms with Gasteiger partial charge < -0.3 is 14.5 Å². The lowest BCUT2D eigenvalue weighted by molar-refractivity contribution is -0.135. The number of carbonyl (C=O) groups excluding carboxylic acids is 2. The van der Waals surface area contributed by atoms with E-state index < -0.39 is 0 Å². The molecule has 0 bridgehead atoms. The topological polar surface area (TPSA) is 49.9 Å². The van der Waals surface area contributed by atoms with Gasteiger partial charge in [-0.2, -0.15) is 0 Å². The van der Waals surface area contributed by atoms with Gasteiger partial charge in [-0.15, -0.1) is 0 Å². The molecule has 0 radical (unpaired) electrons. The minimum atomic E-state index is -0.0454. The Bertz CT molecular complexity index is 719. The number of carbonyl (C=O) groups is 2. The second-order valence-electron chi connectivity index (χ2n) is 5.85. The molecule has 24 heavy (non-hydrogen) atoms. The summed E-state index contributed by atoms with van der Waals surface area (Å²) in [7, 11) is 0. The molecule has 3 rings (SSSR count). The number of halogens is 1. The van der Waals surface area contributed by atoms with Gasteiger partial charge in [0.05, 0.1) is 0 Å². The van der Waals surface area contributed by atoms with E-state index in [1.165, 1.54) is 0 Å². The van der Waals surface area contributed by atoms with E-state index in [4.69, 9.17) is 16.3 Å². The fourth-order valence-electron chi connectivity index (χ4n) is 2.79. The molecular formula is C18H19ClN2O3. The number of rotatable bonds is 2. The van der Waals surface area contributed by atoms with Gasteiger partial charge in [0.25, 0.3) is 0 Å². The van der Waals surface area contributed by atoms with Crippen molar-refractivity contribution in [3.63, 3.8) is 0 Å². The molecule has 0 atom stereocenters. The van der Waals surface area contributed by atoms with Crippen LogP contribution >= 0.6 is 11.6 Å². The quantitative estimate of drug-likeness (QED) is 0.772. The fourth-order valence-corrected chi connectivity index (χ4v) is 2.97. The zero-order valence-electron chi connectivity index (χ0n) is 13.5. The van der Waals surface area contributed by atoms with Crippen LogP contribution in [0.3, 0.4) is 0 Å². The maximum atomic E-state index is 12.3. The minimum Gasteiger partial charge on any atom is -0.488 e. The Labute approximate surface area is 146 Å². The fraction of sp³-hybridized carbons (Fsp3) is 0.333. The highest BCUT2D eigenvalue weighted by Crippen LogP contribution is 2.29. The van der Waals surface area contributed by atoms with Crippen LogP contribution in [-0.2, 0) is 9.59 Å². The predicted molar refractivity (Wildman–Crippen MR) is 92.9 cm³/mol. The van der Waals surface area contributed by atoms with Crippen molar-refractivity contribution < 1.29 is 14.3 Å². The molecule has 2 heterocycles. The van der Waals surface area contributed by atoms with Crippen LogP contribution in [0.25, 0.3) is 6.08 Å². The number of nitrogens with zero attached hydrogens (tertiary/aromatic N) is 2. The molecule has 0 aliphatic carbocycles. The average Bonchev–Trinajstić information content (AvgIpc) is 2.59. The van der Waals surface area contributed by atoms with Gasteiger partial charge >= 0.3 is 0 Å². The number of hydrogen-bond donors (Lipinski definition) is 0. The van der Waals surface area contributed by atoms with Gasteiger partial charge in [0.2, 0.25) is 11.8 Å². The minimum absolute atomic E-state index is 0.0454. The van der Waals surface area contributed by atoms with Gasteiger partial charge in [0, 0.05) is 49.8 Å². The maximum Gasteiger partial charge on any atom is 0.246 e. The van der Waals surface area contributed by atoms with Gasteiger partial charge in [-0.05, 0) is 29.8 Å². The normalized spacial score (nSPS) is 17.3. The van der Waals surface area contributed by atoms with E-state index in [2.05, 4.69) is 0 Å². The largest absolute Gasteiger partial charge is 0.488 e. The summed E-state index contributed by atoms with van der Waals surface area (Å²) < 4.78 is 5.66. The first kappa shape index (κ1) is 16.6. The summed E-state index contributed by atoms with van der Waals surface area (Å²) in [6, 6.07) is 5.47. The van der Waals surface area contributed by atoms with Crippen LogP contribution in [0.1, 0.15) is 12.5 Å². The number of fused-ring (bicyclic) bond motifs is 1. The molecule has 126 valence electrons. The molecular weight excluding hydrogens is 328 g/mol. The highest BCUT2D eigenvalue weighted by atomic mass is 35.5. The number of piperazine rings is 1. The zero-order valence-corrected chi connectivity index (χ0v) is 14.3. The first-order valence-electron chi connectivity index (χ1n) is 7.88. The molecule has 1 fully saturated rings. The lowest BCUT2D eigenvalue weighted by Gasteiger charge is -2.33. The molecule has 2 amide bonds. The van der Waals surface area contributed by atoms with Gasteiger partial charge in [-0.25, -0.2) is 0 Å². The van der Waals surface area contributed by atoms with Crippen molar-refractivity contribution in [3.05, 3.63) is 46.5 Å². The number of hydrogen-bond acceptors (Lipinski definition) is 3. The highest BCUT2D eigenvalue weighted by molar-refractivity contribution is 6.30. The van der Waals surface area contributed by atoms with Crippen LogP contribution in [0.15, 0.2) is 35.9 Å².